The van der Waals surface area contributed by atoms with Gasteiger partial charge in [0.2, 0.25) is 0 Å². The second-order valence-corrected chi connectivity index (χ2v) is 3.95. The monoisotopic (exact) mass is 195 g/mol. The quantitative estimate of drug-likeness (QED) is 0.775. The third kappa shape index (κ3) is 2.26. The Labute approximate surface area is 84.3 Å². The first-order valence-electron chi connectivity index (χ1n) is 5.11. The van der Waals surface area contributed by atoms with Gasteiger partial charge in [0.05, 0.1) is 18.0 Å². The van der Waals surface area contributed by atoms with E-state index in [4.69, 9.17) is 4.74 Å². The summed E-state index contributed by atoms with van der Waals surface area (Å²) < 4.78 is 7.30. The molecular weight excluding hydrogens is 178 g/mol. The minimum atomic E-state index is 0.373. The molecule has 2 atom stereocenters. The Balaban J connectivity index is 1.90. The van der Waals surface area contributed by atoms with Gasteiger partial charge in [-0.2, -0.15) is 5.10 Å². The molecule has 1 saturated heterocycles. The van der Waals surface area contributed by atoms with Crippen LogP contribution in [0.5, 0.6) is 0 Å². The lowest BCUT2D eigenvalue weighted by molar-refractivity contribution is 0.0232. The molecule has 1 fully saturated rings. The maximum Gasteiger partial charge on any atom is 0.0728 e. The molecule has 4 nitrogen and oxygen atoms in total. The van der Waals surface area contributed by atoms with Crippen LogP contribution in [-0.2, 0) is 11.8 Å². The summed E-state index contributed by atoms with van der Waals surface area (Å²) in [5, 5.41) is 7.59. The van der Waals surface area contributed by atoms with E-state index < -0.39 is 0 Å². The highest BCUT2D eigenvalue weighted by Gasteiger charge is 2.19. The van der Waals surface area contributed by atoms with Gasteiger partial charge in [0.1, 0.15) is 0 Å². The zero-order valence-electron chi connectivity index (χ0n) is 8.73. The van der Waals surface area contributed by atoms with Crippen molar-refractivity contribution in [2.24, 2.45) is 7.05 Å². The van der Waals surface area contributed by atoms with E-state index in [0.29, 0.717) is 12.1 Å². The van der Waals surface area contributed by atoms with Crippen molar-refractivity contribution < 1.29 is 4.74 Å². The maximum atomic E-state index is 5.49. The summed E-state index contributed by atoms with van der Waals surface area (Å²) in [6.45, 7) is 2.98. The molecule has 2 rings (SSSR count). The van der Waals surface area contributed by atoms with E-state index in [1.807, 2.05) is 24.1 Å². The van der Waals surface area contributed by atoms with Gasteiger partial charge in [0.15, 0.2) is 0 Å². The number of hydrogen-bond donors (Lipinski definition) is 1. The van der Waals surface area contributed by atoms with Crippen LogP contribution >= 0.6 is 0 Å². The van der Waals surface area contributed by atoms with Crippen molar-refractivity contribution in [1.82, 2.24) is 9.78 Å². The molecule has 2 unspecified atom stereocenters. The molecule has 0 bridgehead atoms. The lowest BCUT2D eigenvalue weighted by Crippen LogP contribution is -2.32. The molecule has 1 aromatic rings. The number of aryl methyl sites for hydroxylation is 1. The molecule has 1 N–H and O–H groups in total. The summed E-state index contributed by atoms with van der Waals surface area (Å²) >= 11 is 0. The van der Waals surface area contributed by atoms with Crippen LogP contribution < -0.4 is 5.32 Å². The first kappa shape index (κ1) is 9.52. The number of hydrogen-bond acceptors (Lipinski definition) is 3. The van der Waals surface area contributed by atoms with Crippen LogP contribution in [0.4, 0.5) is 5.69 Å². The predicted octanol–water partition coefficient (Wildman–Crippen LogP) is 1.40. The second kappa shape index (κ2) is 4.00. The predicted molar refractivity (Wildman–Crippen MR) is 55.3 cm³/mol. The molecule has 0 amide bonds. The Hall–Kier alpha value is -1.03. The summed E-state index contributed by atoms with van der Waals surface area (Å²) in [7, 11) is 1.93. The molecule has 4 heteroatoms. The lowest BCUT2D eigenvalue weighted by Gasteiger charge is -2.28. The fraction of sp³-hybridized carbons (Fsp3) is 0.700. The average Bonchev–Trinajstić information content (AvgIpc) is 2.51. The topological polar surface area (TPSA) is 39.1 Å². The van der Waals surface area contributed by atoms with E-state index in [1.165, 1.54) is 0 Å². The van der Waals surface area contributed by atoms with E-state index in [0.717, 1.165) is 25.1 Å². The van der Waals surface area contributed by atoms with Gasteiger partial charge < -0.3 is 10.1 Å². The SMILES string of the molecule is CC1CC(Nc2cnn(C)c2)CCO1. The Morgan fingerprint density at radius 1 is 1.64 bits per heavy atom. The third-order valence-corrected chi connectivity index (χ3v) is 2.56. The van der Waals surface area contributed by atoms with E-state index in [9.17, 15) is 0 Å². The highest BCUT2D eigenvalue weighted by Crippen LogP contribution is 2.17. The number of nitrogens with zero attached hydrogens (tertiary/aromatic N) is 2. The summed E-state index contributed by atoms with van der Waals surface area (Å²) in [6, 6.07) is 0.531. The van der Waals surface area contributed by atoms with Crippen molar-refractivity contribution in [2.75, 3.05) is 11.9 Å². The molecular formula is C10H17N3O. The van der Waals surface area contributed by atoms with E-state index >= 15 is 0 Å². The van der Waals surface area contributed by atoms with Crippen LogP contribution in [-0.4, -0.2) is 28.5 Å². The van der Waals surface area contributed by atoms with E-state index in [2.05, 4.69) is 17.3 Å². The number of ether oxygens (including phenoxy) is 1. The highest BCUT2D eigenvalue weighted by atomic mass is 16.5. The van der Waals surface area contributed by atoms with Crippen LogP contribution in [0.15, 0.2) is 12.4 Å². The van der Waals surface area contributed by atoms with Crippen molar-refractivity contribution in [3.63, 3.8) is 0 Å². The van der Waals surface area contributed by atoms with Crippen molar-refractivity contribution in [1.29, 1.82) is 0 Å². The molecule has 78 valence electrons. The Kier molecular flexibility index (Phi) is 2.72. The minimum Gasteiger partial charge on any atom is -0.380 e. The average molecular weight is 195 g/mol. The zero-order chi connectivity index (χ0) is 9.97. The molecule has 1 aliphatic rings. The van der Waals surface area contributed by atoms with Gasteiger partial charge in [0, 0.05) is 25.9 Å². The molecule has 1 aliphatic heterocycles. The van der Waals surface area contributed by atoms with Crippen LogP contribution in [0, 0.1) is 0 Å². The Bertz CT molecular complexity index is 297. The van der Waals surface area contributed by atoms with E-state index in [-0.39, 0.29) is 0 Å². The van der Waals surface area contributed by atoms with E-state index in [1.54, 1.807) is 0 Å². The minimum absolute atomic E-state index is 0.373. The largest absolute Gasteiger partial charge is 0.380 e. The molecule has 1 aromatic heterocycles. The fourth-order valence-corrected chi connectivity index (χ4v) is 1.86. The Morgan fingerprint density at radius 2 is 2.50 bits per heavy atom. The van der Waals surface area contributed by atoms with Crippen LogP contribution in [0.1, 0.15) is 19.8 Å². The summed E-state index contributed by atoms with van der Waals surface area (Å²) in [4.78, 5) is 0. The van der Waals surface area contributed by atoms with Gasteiger partial charge in [-0.3, -0.25) is 4.68 Å². The summed E-state index contributed by atoms with van der Waals surface area (Å²) in [5.41, 5.74) is 1.10. The number of aromatic nitrogens is 2. The lowest BCUT2D eigenvalue weighted by atomic mass is 10.0. The first-order valence-corrected chi connectivity index (χ1v) is 5.11. The number of nitrogens with one attached hydrogen (secondary N) is 1. The van der Waals surface area contributed by atoms with Gasteiger partial charge in [-0.05, 0) is 19.8 Å². The standard InChI is InChI=1S/C10H17N3O/c1-8-5-9(3-4-14-8)12-10-6-11-13(2)7-10/h6-9,12H,3-5H2,1-2H3. The molecule has 14 heavy (non-hydrogen) atoms. The van der Waals surface area contributed by atoms with Gasteiger partial charge in [-0.15, -0.1) is 0 Å². The first-order chi connectivity index (χ1) is 6.74. The Morgan fingerprint density at radius 3 is 3.14 bits per heavy atom. The number of anilines is 1. The van der Waals surface area contributed by atoms with Crippen molar-refractivity contribution in [3.8, 4) is 0 Å². The van der Waals surface area contributed by atoms with Crippen molar-refractivity contribution in [3.05, 3.63) is 12.4 Å². The molecule has 0 saturated carbocycles. The molecule has 0 spiro atoms. The van der Waals surface area contributed by atoms with Gasteiger partial charge in [-0.25, -0.2) is 0 Å². The summed E-state index contributed by atoms with van der Waals surface area (Å²) in [5.74, 6) is 0. The van der Waals surface area contributed by atoms with Gasteiger partial charge >= 0.3 is 0 Å². The van der Waals surface area contributed by atoms with Crippen LogP contribution in [0.2, 0.25) is 0 Å². The highest BCUT2D eigenvalue weighted by molar-refractivity contribution is 5.39. The van der Waals surface area contributed by atoms with Crippen LogP contribution in [0.3, 0.4) is 0 Å². The van der Waals surface area contributed by atoms with Crippen LogP contribution in [0.25, 0.3) is 0 Å². The second-order valence-electron chi connectivity index (χ2n) is 3.95. The number of rotatable bonds is 2. The van der Waals surface area contributed by atoms with Crippen molar-refractivity contribution >= 4 is 5.69 Å². The fourth-order valence-electron chi connectivity index (χ4n) is 1.86. The molecule has 0 aromatic carbocycles. The third-order valence-electron chi connectivity index (χ3n) is 2.56. The van der Waals surface area contributed by atoms with Gasteiger partial charge in [-0.1, -0.05) is 0 Å². The van der Waals surface area contributed by atoms with Crippen molar-refractivity contribution in [2.45, 2.75) is 31.9 Å². The molecule has 0 aliphatic carbocycles. The van der Waals surface area contributed by atoms with Gasteiger partial charge in [0.25, 0.3) is 0 Å². The normalized spacial score (nSPS) is 27.6. The maximum absolute atomic E-state index is 5.49. The smallest absolute Gasteiger partial charge is 0.0728 e. The summed E-state index contributed by atoms with van der Waals surface area (Å²) in [6.07, 6.45) is 6.40. The molecule has 2 heterocycles. The zero-order valence-corrected chi connectivity index (χ0v) is 8.73. The molecule has 0 radical (unpaired) electrons.